The average Bonchev–Trinajstić information content (AvgIpc) is 3.55. The highest BCUT2D eigenvalue weighted by molar-refractivity contribution is 5.96. The number of amides is 2. The number of nitrogens with one attached hydrogen (secondary N) is 2. The highest BCUT2D eigenvalue weighted by atomic mass is 16.5. The van der Waals surface area contributed by atoms with E-state index in [1.807, 2.05) is 78.3 Å². The van der Waals surface area contributed by atoms with Gasteiger partial charge in [-0.2, -0.15) is 0 Å². The summed E-state index contributed by atoms with van der Waals surface area (Å²) in [7, 11) is 1.64. The molecule has 1 unspecified atom stereocenters. The Hall–Kier alpha value is -5.22. The SMILES string of the molecule is COc1ccc(CC(C)NC(=O)c2cccc(-c3cc(Nc4ccc(C(=O)N5CCOCC5)cn4)c4nccn4c3)c2)cc1. The Morgan fingerprint density at radius 1 is 0.977 bits per heavy atom. The molecule has 1 atom stereocenters. The van der Waals surface area contributed by atoms with Crippen LogP contribution in [0.1, 0.15) is 33.2 Å². The number of rotatable bonds is 9. The van der Waals surface area contributed by atoms with Gasteiger partial charge in [0, 0.05) is 55.0 Å². The highest BCUT2D eigenvalue weighted by Gasteiger charge is 2.19. The van der Waals surface area contributed by atoms with Gasteiger partial charge in [0.15, 0.2) is 5.65 Å². The first-order valence-corrected chi connectivity index (χ1v) is 14.6. The lowest BCUT2D eigenvalue weighted by Gasteiger charge is -2.26. The number of pyridine rings is 2. The molecular weight excluding hydrogens is 556 g/mol. The van der Waals surface area contributed by atoms with Gasteiger partial charge in [-0.25, -0.2) is 9.97 Å². The lowest BCUT2D eigenvalue weighted by molar-refractivity contribution is 0.0302. The summed E-state index contributed by atoms with van der Waals surface area (Å²) in [5.74, 6) is 1.21. The van der Waals surface area contributed by atoms with Crippen molar-refractivity contribution in [3.63, 3.8) is 0 Å². The minimum absolute atomic E-state index is 0.0518. The van der Waals surface area contributed by atoms with Crippen LogP contribution in [0.25, 0.3) is 16.8 Å². The molecule has 1 aliphatic rings. The van der Waals surface area contributed by atoms with Crippen LogP contribution < -0.4 is 15.4 Å². The molecule has 10 nitrogen and oxygen atoms in total. The van der Waals surface area contributed by atoms with E-state index in [2.05, 4.69) is 20.6 Å². The second-order valence-electron chi connectivity index (χ2n) is 10.8. The fourth-order valence-corrected chi connectivity index (χ4v) is 5.28. The normalized spacial score (nSPS) is 13.8. The molecule has 4 heterocycles. The number of fused-ring (bicyclic) bond motifs is 1. The van der Waals surface area contributed by atoms with E-state index < -0.39 is 0 Å². The molecule has 0 aliphatic carbocycles. The van der Waals surface area contributed by atoms with E-state index >= 15 is 0 Å². The first-order chi connectivity index (χ1) is 21.5. The maximum atomic E-state index is 13.2. The van der Waals surface area contributed by atoms with Crippen LogP contribution in [-0.4, -0.2) is 70.5 Å². The number of aromatic nitrogens is 3. The molecule has 1 fully saturated rings. The minimum Gasteiger partial charge on any atom is -0.497 e. The zero-order valence-corrected chi connectivity index (χ0v) is 24.7. The van der Waals surface area contributed by atoms with Crippen LogP contribution in [0.2, 0.25) is 0 Å². The van der Waals surface area contributed by atoms with Gasteiger partial charge < -0.3 is 29.4 Å². The Morgan fingerprint density at radius 2 is 1.80 bits per heavy atom. The summed E-state index contributed by atoms with van der Waals surface area (Å²) in [5.41, 5.74) is 5.49. The summed E-state index contributed by atoms with van der Waals surface area (Å²) < 4.78 is 12.5. The van der Waals surface area contributed by atoms with Gasteiger partial charge in [0.25, 0.3) is 11.8 Å². The van der Waals surface area contributed by atoms with Crippen molar-refractivity contribution in [2.24, 2.45) is 0 Å². The number of carbonyl (C=O) groups excluding carboxylic acids is 2. The third kappa shape index (κ3) is 6.55. The number of hydrogen-bond donors (Lipinski definition) is 2. The number of anilines is 2. The van der Waals surface area contributed by atoms with Gasteiger partial charge in [-0.1, -0.05) is 24.3 Å². The molecule has 5 aromatic rings. The number of hydrogen-bond acceptors (Lipinski definition) is 7. The molecule has 1 aliphatic heterocycles. The monoisotopic (exact) mass is 590 g/mol. The Morgan fingerprint density at radius 3 is 2.55 bits per heavy atom. The summed E-state index contributed by atoms with van der Waals surface area (Å²) in [6, 6.07) is 20.9. The van der Waals surface area contributed by atoms with Crippen LogP contribution in [0, 0.1) is 0 Å². The van der Waals surface area contributed by atoms with Crippen molar-refractivity contribution in [1.29, 1.82) is 0 Å². The zero-order chi connectivity index (χ0) is 30.5. The fraction of sp³-hybridized carbons (Fsp3) is 0.235. The second-order valence-corrected chi connectivity index (χ2v) is 10.8. The molecule has 2 N–H and O–H groups in total. The van der Waals surface area contributed by atoms with E-state index in [0.29, 0.717) is 49.7 Å². The van der Waals surface area contributed by atoms with E-state index in [1.165, 1.54) is 0 Å². The van der Waals surface area contributed by atoms with E-state index in [4.69, 9.17) is 9.47 Å². The Bertz CT molecular complexity index is 1760. The maximum Gasteiger partial charge on any atom is 0.255 e. The molecule has 6 rings (SSSR count). The van der Waals surface area contributed by atoms with Crippen molar-refractivity contribution in [2.45, 2.75) is 19.4 Å². The Balaban J connectivity index is 1.17. The fourth-order valence-electron chi connectivity index (χ4n) is 5.28. The number of benzene rings is 2. The van der Waals surface area contributed by atoms with Crippen molar-refractivity contribution in [2.75, 3.05) is 38.7 Å². The quantitative estimate of drug-likeness (QED) is 0.249. The van der Waals surface area contributed by atoms with Crippen LogP contribution in [0.3, 0.4) is 0 Å². The van der Waals surface area contributed by atoms with Gasteiger partial charge >= 0.3 is 0 Å². The number of nitrogens with zero attached hydrogens (tertiary/aromatic N) is 4. The molecule has 2 aromatic carbocycles. The average molecular weight is 591 g/mol. The third-order valence-corrected chi connectivity index (χ3v) is 7.60. The molecule has 3 aromatic heterocycles. The van der Waals surface area contributed by atoms with Crippen LogP contribution in [-0.2, 0) is 11.2 Å². The predicted octanol–water partition coefficient (Wildman–Crippen LogP) is 4.98. The Labute approximate surface area is 255 Å². The Kier molecular flexibility index (Phi) is 8.51. The summed E-state index contributed by atoms with van der Waals surface area (Å²) in [4.78, 5) is 36.8. The third-order valence-electron chi connectivity index (χ3n) is 7.60. The zero-order valence-electron chi connectivity index (χ0n) is 24.7. The highest BCUT2D eigenvalue weighted by Crippen LogP contribution is 2.28. The van der Waals surface area contributed by atoms with E-state index in [1.54, 1.807) is 36.5 Å². The van der Waals surface area contributed by atoms with Crippen molar-refractivity contribution >= 4 is 29.0 Å². The smallest absolute Gasteiger partial charge is 0.255 e. The van der Waals surface area contributed by atoms with Gasteiger partial charge in [-0.3, -0.25) is 9.59 Å². The number of ether oxygens (including phenoxy) is 2. The molecule has 10 heteroatoms. The first-order valence-electron chi connectivity index (χ1n) is 14.6. The van der Waals surface area contributed by atoms with Gasteiger partial charge in [0.2, 0.25) is 0 Å². The lowest BCUT2D eigenvalue weighted by atomic mass is 10.0. The van der Waals surface area contributed by atoms with Gasteiger partial charge in [0.05, 0.1) is 31.6 Å². The van der Waals surface area contributed by atoms with E-state index in [0.717, 1.165) is 33.8 Å². The number of methoxy groups -OCH3 is 1. The molecule has 224 valence electrons. The minimum atomic E-state index is -0.133. The van der Waals surface area contributed by atoms with Gasteiger partial charge in [0.1, 0.15) is 11.6 Å². The number of morpholine rings is 1. The van der Waals surface area contributed by atoms with E-state index in [-0.39, 0.29) is 17.9 Å². The van der Waals surface area contributed by atoms with Crippen LogP contribution >= 0.6 is 0 Å². The summed E-state index contributed by atoms with van der Waals surface area (Å²) in [6.45, 7) is 4.25. The molecule has 0 spiro atoms. The van der Waals surface area contributed by atoms with E-state index in [9.17, 15) is 9.59 Å². The van der Waals surface area contributed by atoms with Crippen molar-refractivity contribution < 1.29 is 19.1 Å². The van der Waals surface area contributed by atoms with Gasteiger partial charge in [-0.15, -0.1) is 0 Å². The number of imidazole rings is 1. The molecule has 1 saturated heterocycles. The van der Waals surface area contributed by atoms with Crippen molar-refractivity contribution in [3.05, 3.63) is 108 Å². The largest absolute Gasteiger partial charge is 0.497 e. The first kappa shape index (κ1) is 28.9. The summed E-state index contributed by atoms with van der Waals surface area (Å²) in [6.07, 6.45) is 7.88. The van der Waals surface area contributed by atoms with Crippen molar-refractivity contribution in [3.8, 4) is 16.9 Å². The van der Waals surface area contributed by atoms with Crippen molar-refractivity contribution in [1.82, 2.24) is 24.6 Å². The molecule has 2 amide bonds. The molecule has 44 heavy (non-hydrogen) atoms. The van der Waals surface area contributed by atoms with Crippen LogP contribution in [0.15, 0.2) is 91.5 Å². The number of carbonyl (C=O) groups is 2. The van der Waals surface area contributed by atoms with Gasteiger partial charge in [-0.05, 0) is 66.9 Å². The summed E-state index contributed by atoms with van der Waals surface area (Å²) in [5, 5.41) is 6.47. The standard InChI is InChI=1S/C34H34N6O4/c1-23(18-24-6-9-29(43-2)10-7-24)37-33(41)26-5-3-4-25(19-26)28-20-30(32-35-12-13-40(32)22-28)38-31-11-8-27(21-36-31)34(42)39-14-16-44-17-15-39/h3-13,19-23H,14-18H2,1-2H3,(H,36,38)(H,37,41). The van der Waals surface area contributed by atoms with Crippen LogP contribution in [0.4, 0.5) is 11.5 Å². The molecule has 0 radical (unpaired) electrons. The molecular formula is C34H34N6O4. The lowest BCUT2D eigenvalue weighted by Crippen LogP contribution is -2.40. The summed E-state index contributed by atoms with van der Waals surface area (Å²) >= 11 is 0. The van der Waals surface area contributed by atoms with Crippen LogP contribution in [0.5, 0.6) is 5.75 Å². The predicted molar refractivity (Wildman–Crippen MR) is 168 cm³/mol. The molecule has 0 bridgehead atoms. The second kappa shape index (κ2) is 13.0. The maximum absolute atomic E-state index is 13.2. The molecule has 0 saturated carbocycles. The topological polar surface area (TPSA) is 110 Å².